The molecule has 0 bridgehead atoms. The second-order valence-electron chi connectivity index (χ2n) is 14.6. The number of allylic oxidation sites excluding steroid dienone is 2. The van der Waals surface area contributed by atoms with Crippen LogP contribution in [0.25, 0.3) is 0 Å². The van der Waals surface area contributed by atoms with Gasteiger partial charge >= 0.3 is 11.9 Å². The van der Waals surface area contributed by atoms with Crippen LogP contribution in [0.3, 0.4) is 0 Å². The van der Waals surface area contributed by atoms with Gasteiger partial charge in [-0.3, -0.25) is 14.4 Å². The molecule has 2 N–H and O–H groups in total. The van der Waals surface area contributed by atoms with E-state index in [1.165, 1.54) is 135 Å². The molecule has 0 spiro atoms. The van der Waals surface area contributed by atoms with Gasteiger partial charge in [-0.2, -0.15) is 0 Å². The van der Waals surface area contributed by atoms with Gasteiger partial charge in [0.2, 0.25) is 5.91 Å². The summed E-state index contributed by atoms with van der Waals surface area (Å²) in [6.45, 7) is 4.23. The van der Waals surface area contributed by atoms with Crippen molar-refractivity contribution in [2.75, 3.05) is 6.54 Å². The van der Waals surface area contributed by atoms with E-state index in [0.717, 1.165) is 70.6 Å². The van der Waals surface area contributed by atoms with Gasteiger partial charge < -0.3 is 15.2 Å². The summed E-state index contributed by atoms with van der Waals surface area (Å²) in [5.41, 5.74) is 0. The van der Waals surface area contributed by atoms with E-state index >= 15 is 0 Å². The molecule has 0 aromatic heterocycles. The first-order chi connectivity index (χ1) is 24.0. The van der Waals surface area contributed by atoms with E-state index in [2.05, 4.69) is 31.3 Å². The largest absolute Gasteiger partial charge is 0.480 e. The van der Waals surface area contributed by atoms with Crippen LogP contribution in [0, 0.1) is 0 Å². The lowest BCUT2D eigenvalue weighted by molar-refractivity contribution is -0.150. The average molecular weight is 692 g/mol. The van der Waals surface area contributed by atoms with Crippen LogP contribution in [0.1, 0.15) is 232 Å². The molecule has 0 aliphatic heterocycles. The van der Waals surface area contributed by atoms with Gasteiger partial charge in [0, 0.05) is 12.8 Å². The van der Waals surface area contributed by atoms with E-state index in [0.29, 0.717) is 12.8 Å². The van der Waals surface area contributed by atoms with E-state index in [4.69, 9.17) is 9.84 Å². The number of carbonyl (C=O) groups excluding carboxylic acids is 2. The van der Waals surface area contributed by atoms with E-state index in [-0.39, 0.29) is 24.5 Å². The maximum atomic E-state index is 12.7. The summed E-state index contributed by atoms with van der Waals surface area (Å²) < 4.78 is 6.01. The maximum absolute atomic E-state index is 12.7. The lowest BCUT2D eigenvalue weighted by Crippen LogP contribution is -2.28. The Hall–Kier alpha value is -1.85. The first kappa shape index (κ1) is 47.1. The summed E-state index contributed by atoms with van der Waals surface area (Å²) in [5.74, 6) is -1.24. The third kappa shape index (κ3) is 38.8. The number of hydrogen-bond donors (Lipinski definition) is 2. The Kier molecular flexibility index (Phi) is 37.5. The van der Waals surface area contributed by atoms with Crippen molar-refractivity contribution in [3.8, 4) is 0 Å². The number of carboxylic acids is 1. The molecule has 0 saturated carbocycles. The maximum Gasteiger partial charge on any atom is 0.322 e. The molecule has 49 heavy (non-hydrogen) atoms. The zero-order valence-electron chi connectivity index (χ0n) is 32.6. The summed E-state index contributed by atoms with van der Waals surface area (Å²) in [6.07, 6.45) is 44.8. The summed E-state index contributed by atoms with van der Waals surface area (Å²) in [5, 5.41) is 11.1. The lowest BCUT2D eigenvalue weighted by Gasteiger charge is -2.18. The summed E-state index contributed by atoms with van der Waals surface area (Å²) in [7, 11) is 0. The Labute approximate surface area is 303 Å². The smallest absolute Gasteiger partial charge is 0.322 e. The minimum atomic E-state index is -1.02. The SMILES string of the molecule is CCCCCCCCCC/C=C\CCCC(CCCCCCCC(=O)NCC(=O)O)OC(=O)CCCCCCCCCCCCCCCC. The van der Waals surface area contributed by atoms with Crippen molar-refractivity contribution in [3.63, 3.8) is 0 Å². The number of esters is 1. The fraction of sp³-hybridized carbons (Fsp3) is 0.884. The Balaban J connectivity index is 4.18. The molecule has 1 unspecified atom stereocenters. The average Bonchev–Trinajstić information content (AvgIpc) is 3.08. The van der Waals surface area contributed by atoms with Crippen LogP contribution in [0.2, 0.25) is 0 Å². The van der Waals surface area contributed by atoms with Crippen molar-refractivity contribution in [1.29, 1.82) is 0 Å². The Bertz CT molecular complexity index is 767. The molecule has 0 saturated heterocycles. The van der Waals surface area contributed by atoms with Crippen LogP contribution in [0.15, 0.2) is 12.2 Å². The summed E-state index contributed by atoms with van der Waals surface area (Å²) in [6, 6.07) is 0. The van der Waals surface area contributed by atoms with Gasteiger partial charge in [0.25, 0.3) is 0 Å². The van der Waals surface area contributed by atoms with E-state index in [9.17, 15) is 14.4 Å². The first-order valence-corrected chi connectivity index (χ1v) is 21.3. The molecule has 0 aliphatic carbocycles. The topological polar surface area (TPSA) is 92.7 Å². The number of hydrogen-bond acceptors (Lipinski definition) is 4. The second-order valence-corrected chi connectivity index (χ2v) is 14.6. The van der Waals surface area contributed by atoms with Crippen LogP contribution < -0.4 is 5.32 Å². The van der Waals surface area contributed by atoms with Gasteiger partial charge in [0.1, 0.15) is 12.6 Å². The number of carbonyl (C=O) groups is 3. The van der Waals surface area contributed by atoms with Crippen molar-refractivity contribution < 1.29 is 24.2 Å². The Morgan fingerprint density at radius 2 is 0.898 bits per heavy atom. The fourth-order valence-corrected chi connectivity index (χ4v) is 6.52. The number of rotatable bonds is 39. The normalized spacial score (nSPS) is 12.0. The predicted octanol–water partition coefficient (Wildman–Crippen LogP) is 13.0. The number of unbranched alkanes of at least 4 members (excludes halogenated alkanes) is 26. The third-order valence-electron chi connectivity index (χ3n) is 9.69. The number of amides is 1. The van der Waals surface area contributed by atoms with Crippen molar-refractivity contribution in [2.24, 2.45) is 0 Å². The molecule has 0 aromatic rings. The molecular formula is C43H81NO5. The Morgan fingerprint density at radius 3 is 1.39 bits per heavy atom. The number of carboxylic acid groups (broad SMARTS) is 1. The lowest BCUT2D eigenvalue weighted by atomic mass is 10.0. The van der Waals surface area contributed by atoms with Crippen molar-refractivity contribution in [2.45, 2.75) is 238 Å². The molecular weight excluding hydrogens is 610 g/mol. The molecule has 0 rings (SSSR count). The molecule has 0 aliphatic rings. The van der Waals surface area contributed by atoms with Gasteiger partial charge in [0.05, 0.1) is 0 Å². The van der Waals surface area contributed by atoms with Crippen molar-refractivity contribution in [3.05, 3.63) is 12.2 Å². The van der Waals surface area contributed by atoms with Gasteiger partial charge in [0.15, 0.2) is 0 Å². The van der Waals surface area contributed by atoms with Crippen molar-refractivity contribution in [1.82, 2.24) is 5.32 Å². The standard InChI is InChI=1S/C43H81NO5/c1-3-5-7-9-11-13-15-17-19-21-23-25-30-34-38-43(48)49-40(36-32-28-26-29-33-37-41(45)44-39-42(46)47)35-31-27-24-22-20-18-16-14-12-10-8-6-4-2/h22,24,40H,3-21,23,25-39H2,1-2H3,(H,44,45)(H,46,47)/b24-22-. The highest BCUT2D eigenvalue weighted by molar-refractivity contribution is 5.80. The molecule has 6 heteroatoms. The predicted molar refractivity (Wildman–Crippen MR) is 208 cm³/mol. The summed E-state index contributed by atoms with van der Waals surface area (Å²) >= 11 is 0. The zero-order chi connectivity index (χ0) is 35.9. The van der Waals surface area contributed by atoms with Gasteiger partial charge in [-0.15, -0.1) is 0 Å². The monoisotopic (exact) mass is 692 g/mol. The molecule has 0 fully saturated rings. The quantitative estimate of drug-likeness (QED) is 0.0380. The molecule has 1 atom stereocenters. The van der Waals surface area contributed by atoms with Crippen molar-refractivity contribution >= 4 is 17.8 Å². The fourth-order valence-electron chi connectivity index (χ4n) is 6.52. The molecule has 6 nitrogen and oxygen atoms in total. The van der Waals surface area contributed by atoms with E-state index in [1.54, 1.807) is 0 Å². The molecule has 0 aromatic carbocycles. The van der Waals surface area contributed by atoms with Crippen LogP contribution in [0.4, 0.5) is 0 Å². The molecule has 1 amide bonds. The second kappa shape index (κ2) is 38.9. The van der Waals surface area contributed by atoms with Gasteiger partial charge in [-0.1, -0.05) is 174 Å². The Morgan fingerprint density at radius 1 is 0.510 bits per heavy atom. The highest BCUT2D eigenvalue weighted by Gasteiger charge is 2.14. The summed E-state index contributed by atoms with van der Waals surface area (Å²) in [4.78, 5) is 35.0. The van der Waals surface area contributed by atoms with Crippen LogP contribution in [-0.2, 0) is 19.1 Å². The van der Waals surface area contributed by atoms with Crippen LogP contribution >= 0.6 is 0 Å². The number of aliphatic carboxylic acids is 1. The number of nitrogens with one attached hydrogen (secondary N) is 1. The highest BCUT2D eigenvalue weighted by atomic mass is 16.5. The minimum absolute atomic E-state index is 0.00190. The highest BCUT2D eigenvalue weighted by Crippen LogP contribution is 2.18. The minimum Gasteiger partial charge on any atom is -0.480 e. The zero-order valence-corrected chi connectivity index (χ0v) is 32.6. The molecule has 288 valence electrons. The van der Waals surface area contributed by atoms with Gasteiger partial charge in [-0.25, -0.2) is 0 Å². The molecule has 0 heterocycles. The number of ether oxygens (including phenoxy) is 1. The van der Waals surface area contributed by atoms with Gasteiger partial charge in [-0.05, 0) is 57.8 Å². The van der Waals surface area contributed by atoms with E-state index in [1.807, 2.05) is 0 Å². The van der Waals surface area contributed by atoms with E-state index < -0.39 is 5.97 Å². The van der Waals surface area contributed by atoms with Crippen LogP contribution in [0.5, 0.6) is 0 Å². The first-order valence-electron chi connectivity index (χ1n) is 21.3. The molecule has 0 radical (unpaired) electrons. The third-order valence-corrected chi connectivity index (χ3v) is 9.69. The van der Waals surface area contributed by atoms with Crippen LogP contribution in [-0.4, -0.2) is 35.6 Å².